The zero-order valence-corrected chi connectivity index (χ0v) is 18.4. The Kier molecular flexibility index (Phi) is 7.18. The quantitative estimate of drug-likeness (QED) is 0.713. The van der Waals surface area contributed by atoms with Gasteiger partial charge in [0.2, 0.25) is 0 Å². The molecule has 0 saturated carbocycles. The minimum Gasteiger partial charge on any atom is -0.484 e. The van der Waals surface area contributed by atoms with Gasteiger partial charge in [0, 0.05) is 31.2 Å². The van der Waals surface area contributed by atoms with E-state index in [1.807, 2.05) is 26.0 Å². The van der Waals surface area contributed by atoms with E-state index in [1.54, 1.807) is 29.2 Å². The summed E-state index contributed by atoms with van der Waals surface area (Å²) in [6, 6.07) is 10.4. The lowest BCUT2D eigenvalue weighted by Crippen LogP contribution is -2.52. The number of alkyl halides is 3. The summed E-state index contributed by atoms with van der Waals surface area (Å²) in [5.74, 6) is -1.68. The number of hydrogen-bond donors (Lipinski definition) is 1. The summed E-state index contributed by atoms with van der Waals surface area (Å²) in [6.07, 6.45) is -4.89. The molecule has 0 atom stereocenters. The molecule has 0 unspecified atom stereocenters. The minimum absolute atomic E-state index is 0.0791. The van der Waals surface area contributed by atoms with Crippen molar-refractivity contribution in [3.63, 3.8) is 0 Å². The van der Waals surface area contributed by atoms with Crippen LogP contribution < -0.4 is 15.0 Å². The highest BCUT2D eigenvalue weighted by Crippen LogP contribution is 2.31. The van der Waals surface area contributed by atoms with E-state index in [4.69, 9.17) is 16.3 Å². The van der Waals surface area contributed by atoms with Crippen molar-refractivity contribution >= 4 is 34.8 Å². The van der Waals surface area contributed by atoms with Gasteiger partial charge in [0.1, 0.15) is 5.75 Å². The second-order valence-electron chi connectivity index (χ2n) is 7.52. The number of nitrogens with zero attached hydrogens (tertiary/aromatic N) is 2. The monoisotopic (exact) mass is 469 g/mol. The number of amides is 2. The molecular formula is C22H23ClF3N3O3. The van der Waals surface area contributed by atoms with Crippen LogP contribution >= 0.6 is 11.6 Å². The van der Waals surface area contributed by atoms with Crippen LogP contribution in [-0.2, 0) is 9.59 Å². The molecule has 6 nitrogen and oxygen atoms in total. The highest BCUT2D eigenvalue weighted by atomic mass is 35.5. The molecule has 2 aromatic carbocycles. The summed E-state index contributed by atoms with van der Waals surface area (Å²) in [5.41, 5.74) is 3.18. The molecule has 10 heteroatoms. The third-order valence-corrected chi connectivity index (χ3v) is 5.47. The summed E-state index contributed by atoms with van der Waals surface area (Å²) in [5, 5.41) is 3.15. The van der Waals surface area contributed by atoms with Crippen molar-refractivity contribution < 1.29 is 27.5 Å². The van der Waals surface area contributed by atoms with Crippen LogP contribution in [0.2, 0.25) is 5.02 Å². The molecule has 2 aromatic rings. The molecule has 1 fully saturated rings. The van der Waals surface area contributed by atoms with Crippen LogP contribution in [0.1, 0.15) is 11.1 Å². The first kappa shape index (κ1) is 23.7. The average Bonchev–Trinajstić information content (AvgIpc) is 2.74. The molecule has 0 aromatic heterocycles. The lowest BCUT2D eigenvalue weighted by molar-refractivity contribution is -0.185. The summed E-state index contributed by atoms with van der Waals surface area (Å²) in [6.45, 7) is 3.92. The second-order valence-corrected chi connectivity index (χ2v) is 7.96. The van der Waals surface area contributed by atoms with Crippen molar-refractivity contribution in [3.05, 3.63) is 52.5 Å². The third-order valence-electron chi connectivity index (χ3n) is 5.23. The molecule has 0 spiro atoms. The number of halogens is 4. The van der Waals surface area contributed by atoms with Crippen molar-refractivity contribution in [3.8, 4) is 5.75 Å². The molecular weight excluding hydrogens is 447 g/mol. The van der Waals surface area contributed by atoms with Gasteiger partial charge in [-0.25, -0.2) is 0 Å². The summed E-state index contributed by atoms with van der Waals surface area (Å²) >= 11 is 6.08. The van der Waals surface area contributed by atoms with Gasteiger partial charge in [-0.2, -0.15) is 13.2 Å². The topological polar surface area (TPSA) is 61.9 Å². The molecule has 3 rings (SSSR count). The third kappa shape index (κ3) is 5.85. The number of ether oxygens (including phenoxy) is 1. The maximum absolute atomic E-state index is 12.7. The number of benzene rings is 2. The van der Waals surface area contributed by atoms with Crippen molar-refractivity contribution in [2.75, 3.05) is 43.0 Å². The lowest BCUT2D eigenvalue weighted by Gasteiger charge is -2.37. The van der Waals surface area contributed by atoms with Gasteiger partial charge in [-0.3, -0.25) is 9.59 Å². The maximum Gasteiger partial charge on any atom is 0.471 e. The summed E-state index contributed by atoms with van der Waals surface area (Å²) in [4.78, 5) is 26.5. The Morgan fingerprint density at radius 2 is 1.72 bits per heavy atom. The van der Waals surface area contributed by atoms with Gasteiger partial charge in [0.25, 0.3) is 5.91 Å². The van der Waals surface area contributed by atoms with Crippen LogP contribution in [0.5, 0.6) is 5.75 Å². The Morgan fingerprint density at radius 3 is 2.34 bits per heavy atom. The van der Waals surface area contributed by atoms with Crippen molar-refractivity contribution in [1.82, 2.24) is 4.90 Å². The molecule has 32 heavy (non-hydrogen) atoms. The van der Waals surface area contributed by atoms with Crippen LogP contribution in [0, 0.1) is 13.8 Å². The van der Waals surface area contributed by atoms with Crippen LogP contribution in [0.25, 0.3) is 0 Å². The predicted octanol–water partition coefficient (Wildman–Crippen LogP) is 4.19. The highest BCUT2D eigenvalue weighted by molar-refractivity contribution is 6.31. The largest absolute Gasteiger partial charge is 0.484 e. The molecule has 1 aliphatic heterocycles. The molecule has 1 N–H and O–H groups in total. The van der Waals surface area contributed by atoms with Gasteiger partial charge >= 0.3 is 12.1 Å². The van der Waals surface area contributed by atoms with Gasteiger partial charge in [-0.1, -0.05) is 17.7 Å². The summed E-state index contributed by atoms with van der Waals surface area (Å²) in [7, 11) is 0. The van der Waals surface area contributed by atoms with Crippen molar-refractivity contribution in [1.29, 1.82) is 0 Å². The Labute approximate surface area is 188 Å². The van der Waals surface area contributed by atoms with Crippen molar-refractivity contribution in [2.24, 2.45) is 0 Å². The molecule has 0 bridgehead atoms. The first-order valence-electron chi connectivity index (χ1n) is 9.95. The smallest absolute Gasteiger partial charge is 0.471 e. The maximum atomic E-state index is 12.7. The Hall–Kier alpha value is -2.94. The Morgan fingerprint density at radius 1 is 1.03 bits per heavy atom. The van der Waals surface area contributed by atoms with Crippen LogP contribution in [0.3, 0.4) is 0 Å². The SMILES string of the molecule is Cc1ccc(OCC(=O)Nc2cc(Cl)ccc2N2CCN(C(=O)C(F)(F)F)CC2)cc1C. The van der Waals surface area contributed by atoms with Gasteiger partial charge < -0.3 is 19.9 Å². The van der Waals surface area contributed by atoms with E-state index >= 15 is 0 Å². The van der Waals surface area contributed by atoms with E-state index in [0.717, 1.165) is 16.0 Å². The number of anilines is 2. The zero-order valence-electron chi connectivity index (χ0n) is 17.6. The van der Waals surface area contributed by atoms with Gasteiger partial charge in [0.15, 0.2) is 6.61 Å². The van der Waals surface area contributed by atoms with E-state index in [1.165, 1.54) is 0 Å². The van der Waals surface area contributed by atoms with Crippen LogP contribution in [-0.4, -0.2) is 55.7 Å². The van der Waals surface area contributed by atoms with E-state index in [2.05, 4.69) is 5.32 Å². The predicted molar refractivity (Wildman–Crippen MR) is 116 cm³/mol. The number of piperazine rings is 1. The first-order chi connectivity index (χ1) is 15.0. The fraction of sp³-hybridized carbons (Fsp3) is 0.364. The first-order valence-corrected chi connectivity index (χ1v) is 10.3. The van der Waals surface area contributed by atoms with Crippen LogP contribution in [0.4, 0.5) is 24.5 Å². The zero-order chi connectivity index (χ0) is 23.5. The minimum atomic E-state index is -4.89. The average molecular weight is 470 g/mol. The van der Waals surface area contributed by atoms with Gasteiger partial charge in [0.05, 0.1) is 11.4 Å². The number of carbonyl (C=O) groups excluding carboxylic acids is 2. The molecule has 172 valence electrons. The molecule has 0 aliphatic carbocycles. The number of aryl methyl sites for hydroxylation is 2. The van der Waals surface area contributed by atoms with E-state index in [9.17, 15) is 22.8 Å². The number of rotatable bonds is 5. The van der Waals surface area contributed by atoms with Gasteiger partial charge in [-0.05, 0) is 55.3 Å². The van der Waals surface area contributed by atoms with E-state index in [0.29, 0.717) is 22.1 Å². The Balaban J connectivity index is 1.64. The molecule has 0 radical (unpaired) electrons. The van der Waals surface area contributed by atoms with E-state index in [-0.39, 0.29) is 32.8 Å². The molecule has 2 amide bonds. The standard InChI is InChI=1S/C22H23ClF3N3O3/c1-14-3-5-17(11-15(14)2)32-13-20(30)27-18-12-16(23)4-6-19(18)28-7-9-29(10-8-28)21(31)22(24,25)26/h3-6,11-12H,7-10,13H2,1-2H3,(H,27,30). The summed E-state index contributed by atoms with van der Waals surface area (Å²) < 4.78 is 43.5. The Bertz CT molecular complexity index is 1010. The van der Waals surface area contributed by atoms with Crippen molar-refractivity contribution in [2.45, 2.75) is 20.0 Å². The van der Waals surface area contributed by atoms with Gasteiger partial charge in [-0.15, -0.1) is 0 Å². The van der Waals surface area contributed by atoms with E-state index < -0.39 is 18.0 Å². The second kappa shape index (κ2) is 9.68. The number of nitrogens with one attached hydrogen (secondary N) is 1. The lowest BCUT2D eigenvalue weighted by atomic mass is 10.1. The number of hydrogen-bond acceptors (Lipinski definition) is 4. The molecule has 1 saturated heterocycles. The normalized spacial score (nSPS) is 14.3. The molecule has 1 heterocycles. The fourth-order valence-electron chi connectivity index (χ4n) is 3.35. The number of carbonyl (C=O) groups is 2. The van der Waals surface area contributed by atoms with Crippen LogP contribution in [0.15, 0.2) is 36.4 Å². The highest BCUT2D eigenvalue weighted by Gasteiger charge is 2.43. The fourth-order valence-corrected chi connectivity index (χ4v) is 3.52. The molecule has 1 aliphatic rings.